The van der Waals surface area contributed by atoms with Gasteiger partial charge in [-0.1, -0.05) is 19.9 Å². The van der Waals surface area contributed by atoms with E-state index in [-0.39, 0.29) is 11.7 Å². The van der Waals surface area contributed by atoms with Gasteiger partial charge in [0, 0.05) is 28.4 Å². The average molecular weight is 351 g/mol. The summed E-state index contributed by atoms with van der Waals surface area (Å²) in [5, 5.41) is 4.13. The van der Waals surface area contributed by atoms with Crippen LogP contribution >= 0.6 is 0 Å². The predicted molar refractivity (Wildman–Crippen MR) is 105 cm³/mol. The van der Waals surface area contributed by atoms with Crippen LogP contribution in [0.1, 0.15) is 55.3 Å². The molecule has 0 amide bonds. The zero-order valence-electron chi connectivity index (χ0n) is 15.7. The van der Waals surface area contributed by atoms with Gasteiger partial charge in [-0.05, 0) is 74.0 Å². The van der Waals surface area contributed by atoms with Crippen LogP contribution in [0.2, 0.25) is 0 Å². The first-order valence-electron chi connectivity index (χ1n) is 9.54. The van der Waals surface area contributed by atoms with Crippen LogP contribution in [0.15, 0.2) is 30.5 Å². The van der Waals surface area contributed by atoms with E-state index in [1.807, 2.05) is 25.3 Å². The van der Waals surface area contributed by atoms with Crippen LogP contribution in [-0.4, -0.2) is 23.1 Å². The summed E-state index contributed by atoms with van der Waals surface area (Å²) in [6.07, 6.45) is 3.82. The van der Waals surface area contributed by atoms with E-state index in [4.69, 9.17) is 0 Å². The van der Waals surface area contributed by atoms with Crippen LogP contribution in [0.25, 0.3) is 22.2 Å². The number of aryl methyl sites for hydroxylation is 1. The summed E-state index contributed by atoms with van der Waals surface area (Å²) in [6, 6.07) is 8.09. The zero-order valence-corrected chi connectivity index (χ0v) is 15.7. The largest absolute Gasteiger partial charge is 0.354 e. The number of piperidine rings is 1. The Bertz CT molecular complexity index is 936. The number of hydrogen-bond donors (Lipinski definition) is 2. The van der Waals surface area contributed by atoms with E-state index in [0.717, 1.165) is 64.9 Å². The fourth-order valence-electron chi connectivity index (χ4n) is 4.24. The smallest absolute Gasteiger partial charge is 0.136 e. The van der Waals surface area contributed by atoms with Crippen molar-refractivity contribution in [3.05, 3.63) is 53.1 Å². The number of nitrogens with zero attached hydrogens (tertiary/aromatic N) is 1. The molecule has 26 heavy (non-hydrogen) atoms. The van der Waals surface area contributed by atoms with Crippen LogP contribution in [0, 0.1) is 12.7 Å². The van der Waals surface area contributed by atoms with Gasteiger partial charge in [-0.3, -0.25) is 4.98 Å². The van der Waals surface area contributed by atoms with Crippen molar-refractivity contribution in [1.29, 1.82) is 0 Å². The molecule has 4 heteroatoms. The van der Waals surface area contributed by atoms with Gasteiger partial charge < -0.3 is 10.3 Å². The normalized spacial score (nSPS) is 15.9. The maximum absolute atomic E-state index is 15.6. The Morgan fingerprint density at radius 3 is 2.62 bits per heavy atom. The molecule has 2 N–H and O–H groups in total. The number of fused-ring (bicyclic) bond motifs is 1. The number of aromatic nitrogens is 2. The third-order valence-corrected chi connectivity index (χ3v) is 5.51. The Kier molecular flexibility index (Phi) is 4.53. The summed E-state index contributed by atoms with van der Waals surface area (Å²) < 4.78 is 15.6. The first-order chi connectivity index (χ1) is 12.6. The van der Waals surface area contributed by atoms with Crippen LogP contribution in [-0.2, 0) is 0 Å². The first-order valence-corrected chi connectivity index (χ1v) is 9.54. The molecule has 3 aromatic rings. The Labute approximate surface area is 154 Å². The molecule has 3 nitrogen and oxygen atoms in total. The predicted octanol–water partition coefficient (Wildman–Crippen LogP) is 5.27. The number of rotatable bonds is 3. The van der Waals surface area contributed by atoms with Gasteiger partial charge >= 0.3 is 0 Å². The van der Waals surface area contributed by atoms with E-state index in [2.05, 4.69) is 41.3 Å². The van der Waals surface area contributed by atoms with Crippen LogP contribution < -0.4 is 5.32 Å². The standard InChI is InChI=1S/C22H26FN3/c1-13(2)19-20-18(26-22(19)16-8-11-25-14(3)12-16)5-4-17(21(20)23)15-6-9-24-10-7-15/h4-5,8,11-13,15,24,26H,6-7,9-10H2,1-3H3. The molecule has 3 heterocycles. The number of benzene rings is 1. The van der Waals surface area contributed by atoms with E-state index in [1.54, 1.807) is 0 Å². The van der Waals surface area contributed by atoms with Crippen molar-refractivity contribution in [3.63, 3.8) is 0 Å². The van der Waals surface area contributed by atoms with Crippen molar-refractivity contribution in [3.8, 4) is 11.3 Å². The molecule has 136 valence electrons. The van der Waals surface area contributed by atoms with Gasteiger partial charge in [-0.15, -0.1) is 0 Å². The van der Waals surface area contributed by atoms with Gasteiger partial charge in [-0.25, -0.2) is 4.39 Å². The molecular weight excluding hydrogens is 325 g/mol. The average Bonchev–Trinajstić information content (AvgIpc) is 3.03. The molecule has 0 spiro atoms. The van der Waals surface area contributed by atoms with Gasteiger partial charge in [0.05, 0.1) is 5.69 Å². The van der Waals surface area contributed by atoms with Crippen molar-refractivity contribution in [2.45, 2.75) is 45.4 Å². The zero-order chi connectivity index (χ0) is 18.3. The maximum Gasteiger partial charge on any atom is 0.136 e. The van der Waals surface area contributed by atoms with E-state index in [9.17, 15) is 0 Å². The Morgan fingerprint density at radius 2 is 1.92 bits per heavy atom. The molecule has 4 rings (SSSR count). The molecule has 2 aromatic heterocycles. The molecule has 0 aliphatic carbocycles. The fraction of sp³-hybridized carbons (Fsp3) is 0.409. The van der Waals surface area contributed by atoms with Crippen LogP contribution in [0.4, 0.5) is 4.39 Å². The molecule has 0 atom stereocenters. The van der Waals surface area contributed by atoms with Crippen molar-refractivity contribution in [2.75, 3.05) is 13.1 Å². The summed E-state index contributed by atoms with van der Waals surface area (Å²) in [5.41, 5.74) is 5.87. The van der Waals surface area contributed by atoms with Crippen molar-refractivity contribution < 1.29 is 4.39 Å². The second-order valence-corrected chi connectivity index (χ2v) is 7.67. The molecule has 0 unspecified atom stereocenters. The number of H-pyrrole nitrogens is 1. The molecule has 0 bridgehead atoms. The van der Waals surface area contributed by atoms with E-state index >= 15 is 4.39 Å². The van der Waals surface area contributed by atoms with Crippen molar-refractivity contribution >= 4 is 10.9 Å². The minimum Gasteiger partial charge on any atom is -0.354 e. The minimum atomic E-state index is -0.0358. The Balaban J connectivity index is 1.92. The lowest BCUT2D eigenvalue weighted by molar-refractivity contribution is 0.446. The molecule has 1 aliphatic heterocycles. The molecule has 0 radical (unpaired) electrons. The van der Waals surface area contributed by atoms with E-state index < -0.39 is 0 Å². The third kappa shape index (κ3) is 2.92. The lowest BCUT2D eigenvalue weighted by atomic mass is 9.87. The summed E-state index contributed by atoms with van der Waals surface area (Å²) in [6.45, 7) is 8.19. The van der Waals surface area contributed by atoms with Gasteiger partial charge in [0.15, 0.2) is 0 Å². The summed E-state index contributed by atoms with van der Waals surface area (Å²) in [7, 11) is 0. The highest BCUT2D eigenvalue weighted by Crippen LogP contribution is 2.40. The summed E-state index contributed by atoms with van der Waals surface area (Å²) in [4.78, 5) is 7.77. The second kappa shape index (κ2) is 6.84. The Hall–Kier alpha value is -2.20. The lowest BCUT2D eigenvalue weighted by Crippen LogP contribution is -2.27. The molecule has 1 fully saturated rings. The molecule has 1 saturated heterocycles. The Morgan fingerprint density at radius 1 is 1.15 bits per heavy atom. The second-order valence-electron chi connectivity index (χ2n) is 7.67. The monoisotopic (exact) mass is 351 g/mol. The topological polar surface area (TPSA) is 40.7 Å². The molecule has 0 saturated carbocycles. The van der Waals surface area contributed by atoms with Crippen LogP contribution in [0.3, 0.4) is 0 Å². The number of pyridine rings is 1. The summed E-state index contributed by atoms with van der Waals surface area (Å²) in [5.74, 6) is 0.499. The highest BCUT2D eigenvalue weighted by atomic mass is 19.1. The maximum atomic E-state index is 15.6. The van der Waals surface area contributed by atoms with Crippen LogP contribution in [0.5, 0.6) is 0 Å². The van der Waals surface area contributed by atoms with Gasteiger partial charge in [0.25, 0.3) is 0 Å². The highest BCUT2D eigenvalue weighted by molar-refractivity contribution is 5.92. The SMILES string of the molecule is Cc1cc(-c2[nH]c3ccc(C4CCNCC4)c(F)c3c2C(C)C)ccn1. The number of aromatic amines is 1. The molecule has 1 aromatic carbocycles. The highest BCUT2D eigenvalue weighted by Gasteiger charge is 2.24. The van der Waals surface area contributed by atoms with Crippen molar-refractivity contribution in [1.82, 2.24) is 15.3 Å². The van der Waals surface area contributed by atoms with Gasteiger partial charge in [0.2, 0.25) is 0 Å². The minimum absolute atomic E-state index is 0.0358. The molecule has 1 aliphatic rings. The van der Waals surface area contributed by atoms with E-state index in [1.165, 1.54) is 0 Å². The number of halogens is 1. The number of hydrogen-bond acceptors (Lipinski definition) is 2. The number of nitrogens with one attached hydrogen (secondary N) is 2. The quantitative estimate of drug-likeness (QED) is 0.675. The first kappa shape index (κ1) is 17.2. The van der Waals surface area contributed by atoms with Gasteiger partial charge in [0.1, 0.15) is 5.82 Å². The lowest BCUT2D eigenvalue weighted by Gasteiger charge is -2.23. The molecular formula is C22H26FN3. The summed E-state index contributed by atoms with van der Waals surface area (Å²) >= 11 is 0. The van der Waals surface area contributed by atoms with Gasteiger partial charge in [-0.2, -0.15) is 0 Å². The third-order valence-electron chi connectivity index (χ3n) is 5.51. The van der Waals surface area contributed by atoms with E-state index in [0.29, 0.717) is 5.92 Å². The van der Waals surface area contributed by atoms with Crippen molar-refractivity contribution in [2.24, 2.45) is 0 Å². The fourth-order valence-corrected chi connectivity index (χ4v) is 4.24.